The Labute approximate surface area is 177 Å². The van der Waals surface area contributed by atoms with E-state index in [1.165, 1.54) is 9.75 Å². The van der Waals surface area contributed by atoms with Crippen molar-refractivity contribution in [2.24, 2.45) is 4.99 Å². The predicted molar refractivity (Wildman–Crippen MR) is 118 cm³/mol. The third-order valence-corrected chi connectivity index (χ3v) is 5.82. The molecule has 1 aliphatic rings. The Morgan fingerprint density at radius 3 is 2.34 bits per heavy atom. The molecule has 0 spiro atoms. The Kier molecular flexibility index (Phi) is 7.28. The van der Waals surface area contributed by atoms with Gasteiger partial charge in [0.2, 0.25) is 0 Å². The van der Waals surface area contributed by atoms with E-state index in [-0.39, 0.29) is 18.1 Å². The summed E-state index contributed by atoms with van der Waals surface area (Å²) in [5.74, 6) is 0.822. The highest BCUT2D eigenvalue weighted by Gasteiger charge is 2.26. The van der Waals surface area contributed by atoms with E-state index in [1.54, 1.807) is 18.4 Å². The summed E-state index contributed by atoms with van der Waals surface area (Å²) in [6.45, 7) is 8.79. The molecule has 6 nitrogen and oxygen atoms in total. The molecule has 2 unspecified atom stereocenters. The third kappa shape index (κ3) is 6.05. The second kappa shape index (κ2) is 9.89. The molecule has 0 bridgehead atoms. The number of hydrogen-bond acceptors (Lipinski definition) is 4. The van der Waals surface area contributed by atoms with E-state index in [4.69, 9.17) is 4.74 Å². The van der Waals surface area contributed by atoms with Gasteiger partial charge in [-0.3, -0.25) is 9.79 Å². The smallest absolute Gasteiger partial charge is 0.254 e. The first-order chi connectivity index (χ1) is 13.9. The normalized spacial score (nSPS) is 19.9. The predicted octanol–water partition coefficient (Wildman–Crippen LogP) is 3.17. The highest BCUT2D eigenvalue weighted by Crippen LogP contribution is 2.16. The van der Waals surface area contributed by atoms with E-state index in [0.717, 1.165) is 18.1 Å². The second-order valence-corrected chi connectivity index (χ2v) is 8.83. The SMILES string of the molecule is CN=C(NCc1ccc(C(=O)N2CC(C)OC(C)C2)cc1)NCc1ccc(C)s1. The van der Waals surface area contributed by atoms with Crippen LogP contribution >= 0.6 is 11.3 Å². The fourth-order valence-electron chi connectivity index (χ4n) is 3.45. The van der Waals surface area contributed by atoms with Crippen LogP contribution in [0.4, 0.5) is 0 Å². The van der Waals surface area contributed by atoms with Crippen LogP contribution in [0.15, 0.2) is 41.4 Å². The summed E-state index contributed by atoms with van der Waals surface area (Å²) in [6, 6.07) is 12.0. The van der Waals surface area contributed by atoms with Crippen molar-refractivity contribution in [1.82, 2.24) is 15.5 Å². The summed E-state index contributed by atoms with van der Waals surface area (Å²) in [5, 5.41) is 6.64. The summed E-state index contributed by atoms with van der Waals surface area (Å²) in [7, 11) is 1.76. The van der Waals surface area contributed by atoms with E-state index >= 15 is 0 Å². The molecule has 3 rings (SSSR count). The van der Waals surface area contributed by atoms with Gasteiger partial charge in [0, 0.05) is 42.0 Å². The molecule has 2 aromatic rings. The maximum atomic E-state index is 12.8. The zero-order chi connectivity index (χ0) is 20.8. The summed E-state index contributed by atoms with van der Waals surface area (Å²) in [4.78, 5) is 21.5. The standard InChI is InChI=1S/C22H30N4O2S/c1-15-13-26(14-16(2)28-15)21(27)19-8-6-18(7-9-19)11-24-22(23-4)25-12-20-10-5-17(3)29-20/h5-10,15-16H,11-14H2,1-4H3,(H2,23,24,25). The van der Waals surface area contributed by atoms with Gasteiger partial charge in [-0.25, -0.2) is 0 Å². The van der Waals surface area contributed by atoms with Crippen LogP contribution in [-0.4, -0.2) is 49.1 Å². The number of benzene rings is 1. The van der Waals surface area contributed by atoms with Gasteiger partial charge in [0.05, 0.1) is 18.8 Å². The van der Waals surface area contributed by atoms with Crippen molar-refractivity contribution in [3.63, 3.8) is 0 Å². The van der Waals surface area contributed by atoms with E-state index in [9.17, 15) is 4.79 Å². The van der Waals surface area contributed by atoms with Crippen LogP contribution < -0.4 is 10.6 Å². The molecule has 29 heavy (non-hydrogen) atoms. The highest BCUT2D eigenvalue weighted by molar-refractivity contribution is 7.11. The molecule has 0 aliphatic carbocycles. The van der Waals surface area contributed by atoms with Gasteiger partial charge in [0.25, 0.3) is 5.91 Å². The second-order valence-electron chi connectivity index (χ2n) is 7.46. The average molecular weight is 415 g/mol. The van der Waals surface area contributed by atoms with Gasteiger partial charge in [0.15, 0.2) is 5.96 Å². The van der Waals surface area contributed by atoms with Crippen molar-refractivity contribution in [1.29, 1.82) is 0 Å². The van der Waals surface area contributed by atoms with Crippen molar-refractivity contribution in [2.75, 3.05) is 20.1 Å². The van der Waals surface area contributed by atoms with Gasteiger partial charge in [-0.05, 0) is 50.6 Å². The average Bonchev–Trinajstić information content (AvgIpc) is 3.12. The fraction of sp³-hybridized carbons (Fsp3) is 0.455. The van der Waals surface area contributed by atoms with Gasteiger partial charge in [-0.1, -0.05) is 12.1 Å². The number of hydrogen-bond donors (Lipinski definition) is 2. The molecule has 0 radical (unpaired) electrons. The number of nitrogens with one attached hydrogen (secondary N) is 2. The number of aliphatic imine (C=N–C) groups is 1. The van der Waals surface area contributed by atoms with Gasteiger partial charge in [-0.2, -0.15) is 0 Å². The maximum Gasteiger partial charge on any atom is 0.254 e. The lowest BCUT2D eigenvalue weighted by atomic mass is 10.1. The van der Waals surface area contributed by atoms with E-state index in [1.807, 2.05) is 43.0 Å². The molecule has 1 saturated heterocycles. The number of rotatable bonds is 5. The molecular weight excluding hydrogens is 384 g/mol. The Bertz CT molecular complexity index is 837. The quantitative estimate of drug-likeness (QED) is 0.583. The number of aryl methyl sites for hydroxylation is 1. The summed E-state index contributed by atoms with van der Waals surface area (Å²) in [5.41, 5.74) is 1.81. The minimum atomic E-state index is 0.0650. The molecule has 1 fully saturated rings. The number of carbonyl (C=O) groups excluding carboxylic acids is 1. The molecule has 1 aliphatic heterocycles. The Morgan fingerprint density at radius 1 is 1.10 bits per heavy atom. The van der Waals surface area contributed by atoms with Crippen LogP contribution in [0.25, 0.3) is 0 Å². The first kappa shape index (κ1) is 21.3. The number of nitrogens with zero attached hydrogens (tertiary/aromatic N) is 2. The molecule has 0 saturated carbocycles. The monoisotopic (exact) mass is 414 g/mol. The lowest BCUT2D eigenvalue weighted by Gasteiger charge is -2.35. The van der Waals surface area contributed by atoms with E-state index in [0.29, 0.717) is 25.2 Å². The van der Waals surface area contributed by atoms with Gasteiger partial charge in [0.1, 0.15) is 0 Å². The van der Waals surface area contributed by atoms with E-state index in [2.05, 4.69) is 34.7 Å². The van der Waals surface area contributed by atoms with Gasteiger partial charge in [-0.15, -0.1) is 11.3 Å². The number of morpholine rings is 1. The Hall–Kier alpha value is -2.38. The molecule has 156 valence electrons. The van der Waals surface area contributed by atoms with Crippen LogP contribution in [0.3, 0.4) is 0 Å². The summed E-state index contributed by atoms with van der Waals surface area (Å²) in [6.07, 6.45) is 0.145. The fourth-order valence-corrected chi connectivity index (χ4v) is 4.28. The molecule has 1 aromatic carbocycles. The van der Waals surface area contributed by atoms with Crippen molar-refractivity contribution >= 4 is 23.2 Å². The van der Waals surface area contributed by atoms with Crippen LogP contribution in [-0.2, 0) is 17.8 Å². The minimum absolute atomic E-state index is 0.0650. The Morgan fingerprint density at radius 2 is 1.76 bits per heavy atom. The van der Waals surface area contributed by atoms with E-state index < -0.39 is 0 Å². The molecule has 2 heterocycles. The Balaban J connectivity index is 1.51. The lowest BCUT2D eigenvalue weighted by molar-refractivity contribution is -0.0586. The molecule has 1 aromatic heterocycles. The molecule has 2 N–H and O–H groups in total. The number of carbonyl (C=O) groups is 1. The van der Waals surface area contributed by atoms with Gasteiger partial charge < -0.3 is 20.3 Å². The summed E-state index contributed by atoms with van der Waals surface area (Å²) >= 11 is 1.78. The number of amides is 1. The van der Waals surface area contributed by atoms with Crippen LogP contribution in [0.2, 0.25) is 0 Å². The number of ether oxygens (including phenoxy) is 1. The molecule has 1 amide bonds. The van der Waals surface area contributed by atoms with Crippen LogP contribution in [0, 0.1) is 6.92 Å². The van der Waals surface area contributed by atoms with Crippen LogP contribution in [0.5, 0.6) is 0 Å². The summed E-state index contributed by atoms with van der Waals surface area (Å²) < 4.78 is 5.72. The largest absolute Gasteiger partial charge is 0.372 e. The zero-order valence-corrected chi connectivity index (χ0v) is 18.4. The molecule has 7 heteroatoms. The zero-order valence-electron chi connectivity index (χ0n) is 17.6. The number of thiophene rings is 1. The van der Waals surface area contributed by atoms with Crippen molar-refractivity contribution in [2.45, 2.75) is 46.1 Å². The first-order valence-electron chi connectivity index (χ1n) is 9.98. The third-order valence-electron chi connectivity index (χ3n) is 4.82. The highest BCUT2D eigenvalue weighted by atomic mass is 32.1. The first-order valence-corrected chi connectivity index (χ1v) is 10.8. The van der Waals surface area contributed by atoms with Crippen molar-refractivity contribution in [3.8, 4) is 0 Å². The number of guanidine groups is 1. The molecular formula is C22H30N4O2S. The lowest BCUT2D eigenvalue weighted by Crippen LogP contribution is -2.48. The van der Waals surface area contributed by atoms with Crippen LogP contribution in [0.1, 0.15) is 39.5 Å². The van der Waals surface area contributed by atoms with Crippen molar-refractivity contribution < 1.29 is 9.53 Å². The van der Waals surface area contributed by atoms with Gasteiger partial charge >= 0.3 is 0 Å². The molecule has 2 atom stereocenters. The maximum absolute atomic E-state index is 12.8. The minimum Gasteiger partial charge on any atom is -0.372 e. The topological polar surface area (TPSA) is 66.0 Å². The van der Waals surface area contributed by atoms with Crippen molar-refractivity contribution in [3.05, 3.63) is 57.3 Å².